The van der Waals surface area contributed by atoms with E-state index in [0.29, 0.717) is 11.3 Å². The summed E-state index contributed by atoms with van der Waals surface area (Å²) in [6.45, 7) is 0. The minimum atomic E-state index is -0.508. The summed E-state index contributed by atoms with van der Waals surface area (Å²) in [7, 11) is 1.56. The van der Waals surface area contributed by atoms with Gasteiger partial charge in [-0.05, 0) is 18.2 Å². The Morgan fingerprint density at radius 3 is 2.79 bits per heavy atom. The molecule has 0 spiro atoms. The quantitative estimate of drug-likeness (QED) is 0.670. The lowest BCUT2D eigenvalue weighted by Crippen LogP contribution is -2.30. The SMILES string of the molecule is COc1cc(Br)ccc1C(NN)c1ccncc1F. The maximum Gasteiger partial charge on any atom is 0.146 e. The van der Waals surface area contributed by atoms with Crippen LogP contribution in [0.2, 0.25) is 0 Å². The number of hydrazine groups is 1. The third-order valence-electron chi connectivity index (χ3n) is 2.79. The van der Waals surface area contributed by atoms with Crippen molar-refractivity contribution in [2.24, 2.45) is 5.84 Å². The number of hydrogen-bond acceptors (Lipinski definition) is 4. The van der Waals surface area contributed by atoms with E-state index in [0.717, 1.165) is 16.2 Å². The molecule has 0 radical (unpaired) electrons. The summed E-state index contributed by atoms with van der Waals surface area (Å²) in [5, 5.41) is 0. The molecule has 1 heterocycles. The van der Waals surface area contributed by atoms with Crippen molar-refractivity contribution < 1.29 is 9.13 Å². The summed E-state index contributed by atoms with van der Waals surface area (Å²) < 4.78 is 20.0. The van der Waals surface area contributed by atoms with E-state index in [2.05, 4.69) is 26.3 Å². The molecule has 0 bridgehead atoms. The van der Waals surface area contributed by atoms with Crippen LogP contribution in [-0.2, 0) is 0 Å². The van der Waals surface area contributed by atoms with E-state index in [-0.39, 0.29) is 0 Å². The molecule has 1 aromatic carbocycles. The number of pyridine rings is 1. The average molecular weight is 326 g/mol. The van der Waals surface area contributed by atoms with Gasteiger partial charge in [-0.2, -0.15) is 0 Å². The summed E-state index contributed by atoms with van der Waals surface area (Å²) in [4.78, 5) is 3.73. The molecule has 0 aliphatic heterocycles. The minimum absolute atomic E-state index is 0.415. The molecule has 0 aliphatic carbocycles. The molecule has 100 valence electrons. The molecule has 0 aliphatic rings. The zero-order chi connectivity index (χ0) is 13.8. The smallest absolute Gasteiger partial charge is 0.146 e. The maximum atomic E-state index is 13.8. The highest BCUT2D eigenvalue weighted by molar-refractivity contribution is 9.10. The van der Waals surface area contributed by atoms with Crippen molar-refractivity contribution in [1.29, 1.82) is 0 Å². The fourth-order valence-corrected chi connectivity index (χ4v) is 2.23. The molecule has 0 saturated carbocycles. The lowest BCUT2D eigenvalue weighted by atomic mass is 9.99. The zero-order valence-corrected chi connectivity index (χ0v) is 11.8. The highest BCUT2D eigenvalue weighted by Gasteiger charge is 2.20. The van der Waals surface area contributed by atoms with Crippen LogP contribution in [0.15, 0.2) is 41.1 Å². The van der Waals surface area contributed by atoms with Crippen LogP contribution in [0.3, 0.4) is 0 Å². The molecule has 3 N–H and O–H groups in total. The summed E-state index contributed by atoms with van der Waals surface area (Å²) in [5.41, 5.74) is 3.77. The molecular formula is C13H13BrFN3O. The van der Waals surface area contributed by atoms with Gasteiger partial charge in [-0.25, -0.2) is 9.82 Å². The highest BCUT2D eigenvalue weighted by Crippen LogP contribution is 2.32. The maximum absolute atomic E-state index is 13.8. The number of methoxy groups -OCH3 is 1. The van der Waals surface area contributed by atoms with Gasteiger partial charge in [0.15, 0.2) is 0 Å². The first kappa shape index (κ1) is 13.9. The van der Waals surface area contributed by atoms with Gasteiger partial charge in [0.2, 0.25) is 0 Å². The van der Waals surface area contributed by atoms with E-state index in [1.165, 1.54) is 6.20 Å². The molecule has 0 saturated heterocycles. The Kier molecular flexibility index (Phi) is 4.47. The lowest BCUT2D eigenvalue weighted by molar-refractivity contribution is 0.403. The molecular weight excluding hydrogens is 313 g/mol. The van der Waals surface area contributed by atoms with Crippen molar-refractivity contribution in [3.05, 3.63) is 58.1 Å². The van der Waals surface area contributed by atoms with Crippen LogP contribution in [0.4, 0.5) is 4.39 Å². The Morgan fingerprint density at radius 2 is 2.16 bits per heavy atom. The molecule has 1 atom stereocenters. The number of hydrogen-bond donors (Lipinski definition) is 2. The van der Waals surface area contributed by atoms with E-state index >= 15 is 0 Å². The Bertz CT molecular complexity index is 580. The van der Waals surface area contributed by atoms with Crippen LogP contribution in [0.5, 0.6) is 5.75 Å². The monoisotopic (exact) mass is 325 g/mol. The topological polar surface area (TPSA) is 60.2 Å². The van der Waals surface area contributed by atoms with E-state index in [1.54, 1.807) is 19.2 Å². The van der Waals surface area contributed by atoms with Crippen molar-refractivity contribution in [2.45, 2.75) is 6.04 Å². The van der Waals surface area contributed by atoms with Crippen molar-refractivity contribution in [3.8, 4) is 5.75 Å². The predicted molar refractivity (Wildman–Crippen MR) is 74.1 cm³/mol. The van der Waals surface area contributed by atoms with Gasteiger partial charge < -0.3 is 4.74 Å². The van der Waals surface area contributed by atoms with Gasteiger partial charge in [0.1, 0.15) is 11.6 Å². The van der Waals surface area contributed by atoms with E-state index in [4.69, 9.17) is 10.6 Å². The Hall–Kier alpha value is -1.50. The number of ether oxygens (including phenoxy) is 1. The fraction of sp³-hybridized carbons (Fsp3) is 0.154. The van der Waals surface area contributed by atoms with Gasteiger partial charge in [-0.3, -0.25) is 10.8 Å². The first-order valence-corrected chi connectivity index (χ1v) is 6.35. The summed E-state index contributed by atoms with van der Waals surface area (Å²) in [6, 6.07) is 6.56. The number of nitrogens with zero attached hydrogens (tertiary/aromatic N) is 1. The normalized spacial score (nSPS) is 12.2. The number of aromatic nitrogens is 1. The summed E-state index contributed by atoms with van der Waals surface area (Å²) in [6.07, 6.45) is 2.68. The third kappa shape index (κ3) is 2.91. The highest BCUT2D eigenvalue weighted by atomic mass is 79.9. The molecule has 6 heteroatoms. The second-order valence-corrected chi connectivity index (χ2v) is 4.80. The average Bonchev–Trinajstić information content (AvgIpc) is 2.43. The van der Waals surface area contributed by atoms with E-state index < -0.39 is 11.9 Å². The Morgan fingerprint density at radius 1 is 1.37 bits per heavy atom. The Labute approximate surface area is 118 Å². The largest absolute Gasteiger partial charge is 0.496 e. The number of halogens is 2. The van der Waals surface area contributed by atoms with Crippen molar-refractivity contribution >= 4 is 15.9 Å². The lowest BCUT2D eigenvalue weighted by Gasteiger charge is -2.20. The predicted octanol–water partition coefficient (Wildman–Crippen LogP) is 2.54. The second kappa shape index (κ2) is 6.10. The van der Waals surface area contributed by atoms with Crippen LogP contribution >= 0.6 is 15.9 Å². The number of nitrogens with one attached hydrogen (secondary N) is 1. The zero-order valence-electron chi connectivity index (χ0n) is 10.2. The number of nitrogens with two attached hydrogens (primary N) is 1. The minimum Gasteiger partial charge on any atom is -0.496 e. The van der Waals surface area contributed by atoms with Gasteiger partial charge in [-0.15, -0.1) is 0 Å². The van der Waals surface area contributed by atoms with Crippen LogP contribution in [-0.4, -0.2) is 12.1 Å². The first-order chi connectivity index (χ1) is 9.17. The molecule has 1 aromatic heterocycles. The van der Waals surface area contributed by atoms with Gasteiger partial charge >= 0.3 is 0 Å². The molecule has 19 heavy (non-hydrogen) atoms. The summed E-state index contributed by atoms with van der Waals surface area (Å²) in [5.74, 6) is 5.76. The first-order valence-electron chi connectivity index (χ1n) is 5.56. The molecule has 0 amide bonds. The number of benzene rings is 1. The van der Waals surface area contributed by atoms with Crippen LogP contribution in [0.1, 0.15) is 17.2 Å². The molecule has 2 aromatic rings. The molecule has 4 nitrogen and oxygen atoms in total. The molecule has 0 fully saturated rings. The standard InChI is InChI=1S/C13H13BrFN3O/c1-19-12-6-8(14)2-3-10(12)13(18-16)9-4-5-17-7-11(9)15/h2-7,13,18H,16H2,1H3. The van der Waals surface area contributed by atoms with E-state index in [9.17, 15) is 4.39 Å². The van der Waals surface area contributed by atoms with Gasteiger partial charge in [0, 0.05) is 21.8 Å². The Balaban J connectivity index is 2.51. The van der Waals surface area contributed by atoms with E-state index in [1.807, 2.05) is 12.1 Å². The molecule has 2 rings (SSSR count). The van der Waals surface area contributed by atoms with Crippen molar-refractivity contribution in [2.75, 3.05) is 7.11 Å². The van der Waals surface area contributed by atoms with Gasteiger partial charge in [0.25, 0.3) is 0 Å². The molecule has 1 unspecified atom stereocenters. The second-order valence-electron chi connectivity index (χ2n) is 3.88. The number of rotatable bonds is 4. The fourth-order valence-electron chi connectivity index (χ4n) is 1.89. The van der Waals surface area contributed by atoms with Crippen LogP contribution in [0, 0.1) is 5.82 Å². The van der Waals surface area contributed by atoms with Gasteiger partial charge in [0.05, 0.1) is 19.3 Å². The third-order valence-corrected chi connectivity index (χ3v) is 3.28. The van der Waals surface area contributed by atoms with Gasteiger partial charge in [-0.1, -0.05) is 22.0 Å². The summed E-state index contributed by atoms with van der Waals surface area (Å²) >= 11 is 3.36. The van der Waals surface area contributed by atoms with Crippen LogP contribution in [0.25, 0.3) is 0 Å². The van der Waals surface area contributed by atoms with Crippen LogP contribution < -0.4 is 16.0 Å². The van der Waals surface area contributed by atoms with Crippen molar-refractivity contribution in [1.82, 2.24) is 10.4 Å². The van der Waals surface area contributed by atoms with Crippen molar-refractivity contribution in [3.63, 3.8) is 0 Å².